The number of carbonyl (C=O) groups excluding carboxylic acids is 1. The highest BCUT2D eigenvalue weighted by molar-refractivity contribution is 5.76. The first kappa shape index (κ1) is 17.4. The van der Waals surface area contributed by atoms with Gasteiger partial charge in [-0.1, -0.05) is 13.8 Å². The first-order valence-electron chi connectivity index (χ1n) is 8.31. The molecule has 0 aliphatic carbocycles. The number of likely N-dealkylation sites (tertiary alicyclic amines) is 1. The first-order chi connectivity index (χ1) is 9.56. The predicted octanol–water partition coefficient (Wildman–Crippen LogP) is 2.00. The number of piperidine rings is 1. The van der Waals surface area contributed by atoms with Crippen molar-refractivity contribution >= 4 is 5.91 Å². The second-order valence-corrected chi connectivity index (χ2v) is 6.14. The maximum absolute atomic E-state index is 11.7. The SMILES string of the molecule is CCC(C)NC(=O)CCNC(C)C1CCN(CC)CC1. The van der Waals surface area contributed by atoms with E-state index in [2.05, 4.69) is 43.2 Å². The summed E-state index contributed by atoms with van der Waals surface area (Å²) < 4.78 is 0. The molecule has 0 bridgehead atoms. The quantitative estimate of drug-likeness (QED) is 0.716. The molecule has 2 N–H and O–H groups in total. The van der Waals surface area contributed by atoms with Crippen molar-refractivity contribution in [2.75, 3.05) is 26.2 Å². The number of hydrogen-bond donors (Lipinski definition) is 2. The van der Waals surface area contributed by atoms with Crippen LogP contribution in [0.25, 0.3) is 0 Å². The minimum atomic E-state index is 0.167. The van der Waals surface area contributed by atoms with Crippen molar-refractivity contribution < 1.29 is 4.79 Å². The molecule has 1 saturated heterocycles. The molecule has 1 heterocycles. The van der Waals surface area contributed by atoms with Crippen LogP contribution in [-0.2, 0) is 4.79 Å². The number of hydrogen-bond acceptors (Lipinski definition) is 3. The molecule has 118 valence electrons. The standard InChI is InChI=1S/C16H33N3O/c1-5-13(3)18-16(20)7-10-17-14(4)15-8-11-19(6-2)12-9-15/h13-15,17H,5-12H2,1-4H3,(H,18,20). The van der Waals surface area contributed by atoms with Gasteiger partial charge in [-0.25, -0.2) is 0 Å². The second kappa shape index (κ2) is 9.35. The Bertz CT molecular complexity index is 275. The maximum Gasteiger partial charge on any atom is 0.221 e. The monoisotopic (exact) mass is 283 g/mol. The Labute approximate surface area is 124 Å². The average Bonchev–Trinajstić information content (AvgIpc) is 2.47. The van der Waals surface area contributed by atoms with Crippen molar-refractivity contribution in [3.05, 3.63) is 0 Å². The first-order valence-corrected chi connectivity index (χ1v) is 8.31. The molecule has 1 rings (SSSR count). The zero-order valence-electron chi connectivity index (χ0n) is 13.7. The van der Waals surface area contributed by atoms with Gasteiger partial charge in [0.2, 0.25) is 5.91 Å². The van der Waals surface area contributed by atoms with Gasteiger partial charge in [0.25, 0.3) is 0 Å². The molecule has 0 radical (unpaired) electrons. The fourth-order valence-electron chi connectivity index (χ4n) is 2.80. The van der Waals surface area contributed by atoms with Crippen LogP contribution in [0.4, 0.5) is 0 Å². The second-order valence-electron chi connectivity index (χ2n) is 6.14. The van der Waals surface area contributed by atoms with Crippen LogP contribution in [0.3, 0.4) is 0 Å². The maximum atomic E-state index is 11.7. The zero-order chi connectivity index (χ0) is 15.0. The largest absolute Gasteiger partial charge is 0.354 e. The highest BCUT2D eigenvalue weighted by Gasteiger charge is 2.22. The molecule has 1 amide bonds. The number of rotatable bonds is 8. The van der Waals surface area contributed by atoms with Crippen LogP contribution < -0.4 is 10.6 Å². The highest BCUT2D eigenvalue weighted by Crippen LogP contribution is 2.20. The van der Waals surface area contributed by atoms with E-state index in [0.717, 1.165) is 18.9 Å². The van der Waals surface area contributed by atoms with Crippen LogP contribution in [0, 0.1) is 5.92 Å². The molecule has 0 aromatic rings. The highest BCUT2D eigenvalue weighted by atomic mass is 16.1. The average molecular weight is 283 g/mol. The normalized spacial score (nSPS) is 20.6. The van der Waals surface area contributed by atoms with Crippen molar-refractivity contribution in [3.63, 3.8) is 0 Å². The zero-order valence-corrected chi connectivity index (χ0v) is 13.7. The molecule has 0 saturated carbocycles. The Morgan fingerprint density at radius 2 is 1.90 bits per heavy atom. The van der Waals surface area contributed by atoms with Gasteiger partial charge in [-0.3, -0.25) is 4.79 Å². The molecule has 0 spiro atoms. The minimum absolute atomic E-state index is 0.167. The molecule has 2 atom stereocenters. The van der Waals surface area contributed by atoms with Crippen LogP contribution in [0.2, 0.25) is 0 Å². The molecule has 4 nitrogen and oxygen atoms in total. The summed E-state index contributed by atoms with van der Waals surface area (Å²) in [5, 5.41) is 6.54. The third-order valence-electron chi connectivity index (χ3n) is 4.62. The third-order valence-corrected chi connectivity index (χ3v) is 4.62. The summed E-state index contributed by atoms with van der Waals surface area (Å²) in [7, 11) is 0. The summed E-state index contributed by atoms with van der Waals surface area (Å²) in [6, 6.07) is 0.809. The fourth-order valence-corrected chi connectivity index (χ4v) is 2.80. The number of carbonyl (C=O) groups is 1. The van der Waals surface area contributed by atoms with Crippen molar-refractivity contribution in [2.45, 2.75) is 65.5 Å². The van der Waals surface area contributed by atoms with Crippen LogP contribution in [0.15, 0.2) is 0 Å². The van der Waals surface area contributed by atoms with Crippen LogP contribution in [0.5, 0.6) is 0 Å². The van der Waals surface area contributed by atoms with Gasteiger partial charge in [0, 0.05) is 25.0 Å². The Balaban J connectivity index is 2.14. The van der Waals surface area contributed by atoms with Crippen molar-refractivity contribution in [3.8, 4) is 0 Å². The van der Waals surface area contributed by atoms with Gasteiger partial charge < -0.3 is 15.5 Å². The van der Waals surface area contributed by atoms with E-state index in [1.807, 2.05) is 0 Å². The number of nitrogens with one attached hydrogen (secondary N) is 2. The molecule has 20 heavy (non-hydrogen) atoms. The van der Waals surface area contributed by atoms with E-state index in [-0.39, 0.29) is 5.91 Å². The van der Waals surface area contributed by atoms with Gasteiger partial charge in [0.1, 0.15) is 0 Å². The molecule has 2 unspecified atom stereocenters. The van der Waals surface area contributed by atoms with Crippen molar-refractivity contribution in [1.29, 1.82) is 0 Å². The molecular formula is C16H33N3O. The number of nitrogens with zero attached hydrogens (tertiary/aromatic N) is 1. The molecule has 1 aliphatic heterocycles. The predicted molar refractivity (Wildman–Crippen MR) is 84.8 cm³/mol. The Kier molecular flexibility index (Phi) is 8.15. The third kappa shape index (κ3) is 6.23. The molecule has 1 aliphatic rings. The van der Waals surface area contributed by atoms with Crippen molar-refractivity contribution in [1.82, 2.24) is 15.5 Å². The topological polar surface area (TPSA) is 44.4 Å². The van der Waals surface area contributed by atoms with E-state index in [4.69, 9.17) is 0 Å². The smallest absolute Gasteiger partial charge is 0.221 e. The Morgan fingerprint density at radius 3 is 2.45 bits per heavy atom. The van der Waals surface area contributed by atoms with E-state index in [0.29, 0.717) is 18.5 Å². The Hall–Kier alpha value is -0.610. The summed E-state index contributed by atoms with van der Waals surface area (Å²) in [4.78, 5) is 14.2. The van der Waals surface area contributed by atoms with Gasteiger partial charge in [-0.05, 0) is 58.7 Å². The van der Waals surface area contributed by atoms with Gasteiger partial charge in [-0.15, -0.1) is 0 Å². The van der Waals surface area contributed by atoms with E-state index in [9.17, 15) is 4.79 Å². The van der Waals surface area contributed by atoms with Crippen molar-refractivity contribution in [2.24, 2.45) is 5.92 Å². The molecule has 0 aromatic carbocycles. The van der Waals surface area contributed by atoms with Gasteiger partial charge in [0.05, 0.1) is 0 Å². The van der Waals surface area contributed by atoms with Gasteiger partial charge in [0.15, 0.2) is 0 Å². The fraction of sp³-hybridized carbons (Fsp3) is 0.938. The lowest BCUT2D eigenvalue weighted by Crippen LogP contribution is -2.43. The lowest BCUT2D eigenvalue weighted by Gasteiger charge is -2.34. The molecule has 4 heteroatoms. The molecule has 1 fully saturated rings. The van der Waals surface area contributed by atoms with Crippen LogP contribution in [0.1, 0.15) is 53.4 Å². The van der Waals surface area contributed by atoms with E-state index < -0.39 is 0 Å². The van der Waals surface area contributed by atoms with Crippen LogP contribution >= 0.6 is 0 Å². The van der Waals surface area contributed by atoms with Crippen LogP contribution in [-0.4, -0.2) is 49.1 Å². The lowest BCUT2D eigenvalue weighted by molar-refractivity contribution is -0.121. The van der Waals surface area contributed by atoms with E-state index >= 15 is 0 Å². The summed E-state index contributed by atoms with van der Waals surface area (Å²) >= 11 is 0. The lowest BCUT2D eigenvalue weighted by atomic mass is 9.90. The Morgan fingerprint density at radius 1 is 1.25 bits per heavy atom. The van der Waals surface area contributed by atoms with E-state index in [1.165, 1.54) is 32.5 Å². The minimum Gasteiger partial charge on any atom is -0.354 e. The summed E-state index contributed by atoms with van der Waals surface area (Å²) in [6.07, 6.45) is 4.14. The molecule has 0 aromatic heterocycles. The number of amides is 1. The summed E-state index contributed by atoms with van der Waals surface area (Å²) in [5.41, 5.74) is 0. The van der Waals surface area contributed by atoms with E-state index in [1.54, 1.807) is 0 Å². The molecular weight excluding hydrogens is 250 g/mol. The van der Waals surface area contributed by atoms with Gasteiger partial charge >= 0.3 is 0 Å². The summed E-state index contributed by atoms with van der Waals surface area (Å²) in [6.45, 7) is 13.0. The summed E-state index contributed by atoms with van der Waals surface area (Å²) in [5.74, 6) is 0.926. The van der Waals surface area contributed by atoms with Gasteiger partial charge in [-0.2, -0.15) is 0 Å².